The lowest BCUT2D eigenvalue weighted by molar-refractivity contribution is -0.204. The number of ether oxygens (including phenoxy) is 3. The van der Waals surface area contributed by atoms with E-state index in [9.17, 15) is 45.0 Å². The zero-order valence-corrected chi connectivity index (χ0v) is 20.1. The van der Waals surface area contributed by atoms with Crippen LogP contribution in [-0.2, 0) is 23.9 Å². The number of esters is 2. The van der Waals surface area contributed by atoms with Gasteiger partial charge in [0.2, 0.25) is 0 Å². The predicted octanol–water partition coefficient (Wildman–Crippen LogP) is 1.33. The molecule has 1 fully saturated rings. The van der Waals surface area contributed by atoms with E-state index in [-0.39, 0.29) is 17.2 Å². The molecule has 12 heteroatoms. The zero-order valence-electron chi connectivity index (χ0n) is 20.1. The minimum atomic E-state index is -2.45. The first-order valence-electron chi connectivity index (χ1n) is 11.2. The Morgan fingerprint density at radius 3 is 2.03 bits per heavy atom. The maximum absolute atomic E-state index is 12.5. The number of hydrogen-bond acceptors (Lipinski definition) is 11. The highest BCUT2D eigenvalue weighted by molar-refractivity contribution is 5.88. The molecule has 0 heterocycles. The molecule has 1 aliphatic rings. The summed E-state index contributed by atoms with van der Waals surface area (Å²) in [6.07, 6.45) is -1.56. The van der Waals surface area contributed by atoms with Gasteiger partial charge in [0.1, 0.15) is 6.10 Å². The maximum Gasteiger partial charge on any atom is 0.335 e. The van der Waals surface area contributed by atoms with E-state index in [0.29, 0.717) is 11.1 Å². The lowest BCUT2D eigenvalue weighted by atomic mass is 9.79. The van der Waals surface area contributed by atoms with Gasteiger partial charge in [-0.05, 0) is 47.5 Å². The summed E-state index contributed by atoms with van der Waals surface area (Å²) in [6, 6.07) is 8.06. The quantitative estimate of drug-likeness (QED) is 0.163. The third-order valence-corrected chi connectivity index (χ3v) is 5.78. The number of aromatic hydroxyl groups is 3. The molecule has 0 aliphatic heterocycles. The Kier molecular flexibility index (Phi) is 8.61. The highest BCUT2D eigenvalue weighted by Gasteiger charge is 2.52. The normalized spacial score (nSPS) is 23.3. The highest BCUT2D eigenvalue weighted by atomic mass is 16.6. The van der Waals surface area contributed by atoms with Crippen LogP contribution in [0.4, 0.5) is 0 Å². The first kappa shape index (κ1) is 28.0. The fraction of sp³-hybridized carbons (Fsp3) is 0.269. The number of phenolic OH excluding ortho intramolecular Hbond substituents is 3. The SMILES string of the molecule is COc1cc(/C=C\C(=O)OC2C(O)CC(O)(C(=O)O)CC2OC(=O)/C=C\c2ccc(O)c(O)c2)ccc1O. The Labute approximate surface area is 216 Å². The fourth-order valence-corrected chi connectivity index (χ4v) is 3.81. The molecule has 4 atom stereocenters. The smallest absolute Gasteiger partial charge is 0.335 e. The van der Waals surface area contributed by atoms with Gasteiger partial charge in [0, 0.05) is 25.0 Å². The standard InChI is InChI=1S/C26H26O12/c1-36-20-11-15(3-7-17(20)28)5-9-23(32)38-24-19(30)12-26(35,25(33)34)13-21(24)37-22(31)8-4-14-2-6-16(27)18(29)10-14/h2-11,19,21,24,27-30,35H,12-13H2,1H3,(H,33,34)/b8-4-,9-5-. The summed E-state index contributed by atoms with van der Waals surface area (Å²) in [5.74, 6) is -4.36. The van der Waals surface area contributed by atoms with Crippen LogP contribution < -0.4 is 4.74 Å². The summed E-state index contributed by atoms with van der Waals surface area (Å²) < 4.78 is 15.5. The minimum absolute atomic E-state index is 0.107. The van der Waals surface area contributed by atoms with E-state index in [1.165, 1.54) is 55.7 Å². The van der Waals surface area contributed by atoms with Gasteiger partial charge in [-0.25, -0.2) is 14.4 Å². The number of carboxylic acid groups (broad SMARTS) is 1. The monoisotopic (exact) mass is 530 g/mol. The number of rotatable bonds is 8. The number of phenols is 3. The van der Waals surface area contributed by atoms with Gasteiger partial charge in [0.05, 0.1) is 13.2 Å². The molecule has 1 aliphatic carbocycles. The van der Waals surface area contributed by atoms with Crippen LogP contribution in [0.5, 0.6) is 23.0 Å². The molecule has 6 N–H and O–H groups in total. The largest absolute Gasteiger partial charge is 0.504 e. The van der Waals surface area contributed by atoms with Crippen molar-refractivity contribution in [1.82, 2.24) is 0 Å². The van der Waals surface area contributed by atoms with Gasteiger partial charge in [0.25, 0.3) is 0 Å². The number of aliphatic hydroxyl groups is 2. The van der Waals surface area contributed by atoms with E-state index in [0.717, 1.165) is 12.2 Å². The van der Waals surface area contributed by atoms with E-state index >= 15 is 0 Å². The minimum Gasteiger partial charge on any atom is -0.504 e. The van der Waals surface area contributed by atoms with E-state index in [1.807, 2.05) is 0 Å². The number of aliphatic hydroxyl groups excluding tert-OH is 1. The summed E-state index contributed by atoms with van der Waals surface area (Å²) in [6.45, 7) is 0. The van der Waals surface area contributed by atoms with Gasteiger partial charge in [0.15, 0.2) is 34.7 Å². The average molecular weight is 530 g/mol. The van der Waals surface area contributed by atoms with Crippen LogP contribution in [0.3, 0.4) is 0 Å². The van der Waals surface area contributed by atoms with Crippen molar-refractivity contribution < 1.29 is 59.2 Å². The number of benzene rings is 2. The molecule has 2 aromatic carbocycles. The highest BCUT2D eigenvalue weighted by Crippen LogP contribution is 2.33. The average Bonchev–Trinajstić information content (AvgIpc) is 2.86. The van der Waals surface area contributed by atoms with Crippen LogP contribution >= 0.6 is 0 Å². The lowest BCUT2D eigenvalue weighted by Crippen LogP contribution is -2.58. The molecule has 4 unspecified atom stereocenters. The van der Waals surface area contributed by atoms with E-state index < -0.39 is 60.4 Å². The Morgan fingerprint density at radius 2 is 1.45 bits per heavy atom. The molecule has 38 heavy (non-hydrogen) atoms. The molecular weight excluding hydrogens is 504 g/mol. The molecule has 2 aromatic rings. The number of carbonyl (C=O) groups is 3. The van der Waals surface area contributed by atoms with Crippen LogP contribution in [0.15, 0.2) is 48.6 Å². The maximum atomic E-state index is 12.5. The van der Waals surface area contributed by atoms with Crippen LogP contribution in [0.2, 0.25) is 0 Å². The summed E-state index contributed by atoms with van der Waals surface area (Å²) in [5.41, 5.74) is -1.66. The second-order valence-electron chi connectivity index (χ2n) is 8.54. The summed E-state index contributed by atoms with van der Waals surface area (Å²) >= 11 is 0. The van der Waals surface area contributed by atoms with Gasteiger partial charge in [-0.1, -0.05) is 12.1 Å². The van der Waals surface area contributed by atoms with Crippen molar-refractivity contribution in [1.29, 1.82) is 0 Å². The summed E-state index contributed by atoms with van der Waals surface area (Å²) in [5, 5.41) is 58.9. The third kappa shape index (κ3) is 6.81. The predicted molar refractivity (Wildman–Crippen MR) is 130 cm³/mol. The molecule has 12 nitrogen and oxygen atoms in total. The molecule has 0 aromatic heterocycles. The van der Waals surface area contributed by atoms with Crippen molar-refractivity contribution in [3.8, 4) is 23.0 Å². The first-order chi connectivity index (χ1) is 17.9. The van der Waals surface area contributed by atoms with Gasteiger partial charge in [-0.15, -0.1) is 0 Å². The molecule has 1 saturated carbocycles. The number of carbonyl (C=O) groups excluding carboxylic acids is 2. The van der Waals surface area contributed by atoms with Crippen molar-refractivity contribution >= 4 is 30.1 Å². The Balaban J connectivity index is 1.75. The molecule has 0 saturated heterocycles. The number of carboxylic acids is 1. The number of hydrogen-bond donors (Lipinski definition) is 6. The van der Waals surface area contributed by atoms with E-state index in [1.54, 1.807) is 0 Å². The molecule has 0 radical (unpaired) electrons. The van der Waals surface area contributed by atoms with Crippen molar-refractivity contribution in [3.05, 3.63) is 59.7 Å². The number of aliphatic carboxylic acids is 1. The van der Waals surface area contributed by atoms with Crippen molar-refractivity contribution in [2.45, 2.75) is 36.8 Å². The van der Waals surface area contributed by atoms with Crippen molar-refractivity contribution in [3.63, 3.8) is 0 Å². The van der Waals surface area contributed by atoms with Crippen molar-refractivity contribution in [2.24, 2.45) is 0 Å². The van der Waals surface area contributed by atoms with Crippen molar-refractivity contribution in [2.75, 3.05) is 7.11 Å². The Morgan fingerprint density at radius 1 is 0.868 bits per heavy atom. The van der Waals surface area contributed by atoms with Gasteiger partial charge >= 0.3 is 17.9 Å². The van der Waals surface area contributed by atoms with Crippen LogP contribution in [0.25, 0.3) is 12.2 Å². The van der Waals surface area contributed by atoms with Crippen LogP contribution in [0.1, 0.15) is 24.0 Å². The zero-order chi connectivity index (χ0) is 28.0. The van der Waals surface area contributed by atoms with Crippen LogP contribution in [-0.4, -0.2) is 79.6 Å². The fourth-order valence-electron chi connectivity index (χ4n) is 3.81. The Hall–Kier alpha value is -4.55. The van der Waals surface area contributed by atoms with E-state index in [2.05, 4.69) is 0 Å². The van der Waals surface area contributed by atoms with Gasteiger partial charge in [-0.2, -0.15) is 0 Å². The molecule has 0 amide bonds. The lowest BCUT2D eigenvalue weighted by Gasteiger charge is -2.40. The Bertz CT molecular complexity index is 1270. The topological polar surface area (TPSA) is 200 Å². The third-order valence-electron chi connectivity index (χ3n) is 5.78. The van der Waals surface area contributed by atoms with Gasteiger partial charge < -0.3 is 44.8 Å². The summed E-state index contributed by atoms with van der Waals surface area (Å²) in [4.78, 5) is 36.5. The second-order valence-corrected chi connectivity index (χ2v) is 8.54. The molecular formula is C26H26O12. The first-order valence-corrected chi connectivity index (χ1v) is 11.2. The molecule has 0 bridgehead atoms. The number of methoxy groups -OCH3 is 1. The molecule has 202 valence electrons. The van der Waals surface area contributed by atoms with Crippen LogP contribution in [0, 0.1) is 0 Å². The molecule has 0 spiro atoms. The van der Waals surface area contributed by atoms with Gasteiger partial charge in [-0.3, -0.25) is 0 Å². The summed E-state index contributed by atoms with van der Waals surface area (Å²) in [7, 11) is 1.35. The molecule has 3 rings (SSSR count). The van der Waals surface area contributed by atoms with E-state index in [4.69, 9.17) is 14.2 Å². The second kappa shape index (κ2) is 11.7.